The molecule has 0 radical (unpaired) electrons. The van der Waals surface area contributed by atoms with Crippen LogP contribution in [0.5, 0.6) is 0 Å². The first-order valence-corrected chi connectivity index (χ1v) is 7.59. The number of pyridine rings is 1. The van der Waals surface area contributed by atoms with Crippen LogP contribution in [0.3, 0.4) is 0 Å². The zero-order valence-corrected chi connectivity index (χ0v) is 12.8. The second kappa shape index (κ2) is 6.53. The Morgan fingerprint density at radius 3 is 2.83 bits per heavy atom. The first-order valence-electron chi connectivity index (χ1n) is 6.80. The number of likely N-dealkylation sites (tertiary alicyclic amines) is 1. The lowest BCUT2D eigenvalue weighted by molar-refractivity contribution is 0.183. The molecule has 1 N–H and O–H groups in total. The summed E-state index contributed by atoms with van der Waals surface area (Å²) in [6.45, 7) is 8.19. The third-order valence-corrected chi connectivity index (χ3v) is 4.56. The van der Waals surface area contributed by atoms with Gasteiger partial charge in [0.25, 0.3) is 0 Å². The van der Waals surface area contributed by atoms with Crippen LogP contribution >= 0.6 is 15.9 Å². The minimum Gasteiger partial charge on any atom is -0.380 e. The highest BCUT2D eigenvalue weighted by molar-refractivity contribution is 9.10. The molecule has 1 unspecified atom stereocenters. The fourth-order valence-corrected chi connectivity index (χ4v) is 2.99. The lowest BCUT2D eigenvalue weighted by Gasteiger charge is -2.34. The van der Waals surface area contributed by atoms with Gasteiger partial charge in [0.1, 0.15) is 4.60 Å². The van der Waals surface area contributed by atoms with Crippen LogP contribution in [0.25, 0.3) is 0 Å². The number of halogens is 1. The number of piperidine rings is 1. The number of aromatic nitrogens is 1. The van der Waals surface area contributed by atoms with E-state index in [9.17, 15) is 0 Å². The first-order chi connectivity index (χ1) is 8.70. The maximum atomic E-state index is 4.25. The van der Waals surface area contributed by atoms with E-state index >= 15 is 0 Å². The first kappa shape index (κ1) is 13.8. The Balaban J connectivity index is 1.89. The van der Waals surface area contributed by atoms with Crippen molar-refractivity contribution in [3.8, 4) is 0 Å². The van der Waals surface area contributed by atoms with Crippen molar-refractivity contribution in [1.82, 2.24) is 9.88 Å². The summed E-state index contributed by atoms with van der Waals surface area (Å²) in [5.41, 5.74) is 1.10. The topological polar surface area (TPSA) is 28.2 Å². The van der Waals surface area contributed by atoms with Crippen molar-refractivity contribution in [2.75, 3.05) is 25.0 Å². The normalized spacial score (nSPS) is 19.7. The van der Waals surface area contributed by atoms with E-state index < -0.39 is 0 Å². The van der Waals surface area contributed by atoms with Crippen LogP contribution < -0.4 is 5.32 Å². The van der Waals surface area contributed by atoms with Crippen molar-refractivity contribution in [1.29, 1.82) is 0 Å². The molecule has 0 saturated carbocycles. The predicted octanol–water partition coefficient (Wildman–Crippen LogP) is 3.38. The standard InChI is InChI=1S/C14H22BrN3/c1-3-18-9-6-12(7-10-18)11(2)17-13-5-4-8-16-14(13)15/h4-5,8,11-12,17H,3,6-7,9-10H2,1-2H3. The highest BCUT2D eigenvalue weighted by Gasteiger charge is 2.23. The van der Waals surface area contributed by atoms with Gasteiger partial charge in [-0.2, -0.15) is 0 Å². The number of hydrogen-bond acceptors (Lipinski definition) is 3. The second-order valence-corrected chi connectivity index (χ2v) is 5.80. The Kier molecular flexibility index (Phi) is 5.01. The Morgan fingerprint density at radius 1 is 1.50 bits per heavy atom. The van der Waals surface area contributed by atoms with Gasteiger partial charge in [-0.05, 0) is 73.4 Å². The molecule has 3 nitrogen and oxygen atoms in total. The monoisotopic (exact) mass is 311 g/mol. The summed E-state index contributed by atoms with van der Waals surface area (Å²) < 4.78 is 0.905. The van der Waals surface area contributed by atoms with Gasteiger partial charge in [-0.1, -0.05) is 6.92 Å². The van der Waals surface area contributed by atoms with Gasteiger partial charge in [-0.25, -0.2) is 4.98 Å². The molecule has 4 heteroatoms. The van der Waals surface area contributed by atoms with Crippen LogP contribution in [0.4, 0.5) is 5.69 Å². The quantitative estimate of drug-likeness (QED) is 0.864. The van der Waals surface area contributed by atoms with E-state index in [4.69, 9.17) is 0 Å². The molecule has 1 saturated heterocycles. The van der Waals surface area contributed by atoms with Gasteiger partial charge >= 0.3 is 0 Å². The molecule has 1 aromatic heterocycles. The minimum atomic E-state index is 0.504. The molecular weight excluding hydrogens is 290 g/mol. The summed E-state index contributed by atoms with van der Waals surface area (Å²) in [6, 6.07) is 4.55. The highest BCUT2D eigenvalue weighted by Crippen LogP contribution is 2.25. The molecular formula is C14H22BrN3. The van der Waals surface area contributed by atoms with Crippen LogP contribution in [-0.4, -0.2) is 35.6 Å². The molecule has 0 bridgehead atoms. The largest absolute Gasteiger partial charge is 0.380 e. The Labute approximate surface area is 118 Å². The molecule has 100 valence electrons. The van der Waals surface area contributed by atoms with Crippen molar-refractivity contribution in [3.63, 3.8) is 0 Å². The van der Waals surface area contributed by atoms with Gasteiger partial charge in [-0.15, -0.1) is 0 Å². The molecule has 0 amide bonds. The van der Waals surface area contributed by atoms with Gasteiger partial charge in [0.05, 0.1) is 5.69 Å². The Hall–Kier alpha value is -0.610. The molecule has 2 heterocycles. The van der Waals surface area contributed by atoms with E-state index in [0.29, 0.717) is 6.04 Å². The molecule has 1 atom stereocenters. The third kappa shape index (κ3) is 3.45. The lowest BCUT2D eigenvalue weighted by Crippen LogP contribution is -2.39. The summed E-state index contributed by atoms with van der Waals surface area (Å²) >= 11 is 3.49. The van der Waals surface area contributed by atoms with Gasteiger partial charge in [0, 0.05) is 12.2 Å². The zero-order valence-electron chi connectivity index (χ0n) is 11.2. The van der Waals surface area contributed by atoms with Gasteiger partial charge in [-0.3, -0.25) is 0 Å². The van der Waals surface area contributed by atoms with Crippen molar-refractivity contribution >= 4 is 21.6 Å². The van der Waals surface area contributed by atoms with Crippen molar-refractivity contribution in [2.24, 2.45) is 5.92 Å². The smallest absolute Gasteiger partial charge is 0.129 e. The van der Waals surface area contributed by atoms with Crippen LogP contribution in [0, 0.1) is 5.92 Å². The fraction of sp³-hybridized carbons (Fsp3) is 0.643. The van der Waals surface area contributed by atoms with Gasteiger partial charge in [0.15, 0.2) is 0 Å². The molecule has 0 aromatic carbocycles. The zero-order chi connectivity index (χ0) is 13.0. The van der Waals surface area contributed by atoms with E-state index in [1.807, 2.05) is 6.07 Å². The molecule has 0 aliphatic carbocycles. The van der Waals surface area contributed by atoms with E-state index in [1.54, 1.807) is 6.20 Å². The van der Waals surface area contributed by atoms with Crippen molar-refractivity contribution in [2.45, 2.75) is 32.7 Å². The summed E-state index contributed by atoms with van der Waals surface area (Å²) in [5.74, 6) is 0.764. The van der Waals surface area contributed by atoms with Crippen LogP contribution in [-0.2, 0) is 0 Å². The molecule has 1 aliphatic rings. The second-order valence-electron chi connectivity index (χ2n) is 5.05. The Morgan fingerprint density at radius 2 is 2.22 bits per heavy atom. The summed E-state index contributed by atoms with van der Waals surface area (Å²) in [4.78, 5) is 6.78. The predicted molar refractivity (Wildman–Crippen MR) is 79.9 cm³/mol. The van der Waals surface area contributed by atoms with E-state index in [-0.39, 0.29) is 0 Å². The van der Waals surface area contributed by atoms with Gasteiger partial charge in [0.2, 0.25) is 0 Å². The summed E-state index contributed by atoms with van der Waals surface area (Å²) in [5, 5.41) is 3.58. The summed E-state index contributed by atoms with van der Waals surface area (Å²) in [6.07, 6.45) is 4.39. The minimum absolute atomic E-state index is 0.504. The van der Waals surface area contributed by atoms with E-state index in [1.165, 1.54) is 32.5 Å². The average molecular weight is 312 g/mol. The number of nitrogens with zero attached hydrogens (tertiary/aromatic N) is 2. The van der Waals surface area contributed by atoms with Gasteiger partial charge < -0.3 is 10.2 Å². The maximum Gasteiger partial charge on any atom is 0.129 e. The molecule has 1 aliphatic heterocycles. The van der Waals surface area contributed by atoms with Crippen LogP contribution in [0.15, 0.2) is 22.9 Å². The van der Waals surface area contributed by atoms with E-state index in [2.05, 4.69) is 51.0 Å². The molecule has 18 heavy (non-hydrogen) atoms. The lowest BCUT2D eigenvalue weighted by atomic mass is 9.90. The number of nitrogens with one attached hydrogen (secondary N) is 1. The molecule has 1 fully saturated rings. The molecule has 0 spiro atoms. The highest BCUT2D eigenvalue weighted by atomic mass is 79.9. The maximum absolute atomic E-state index is 4.25. The molecule has 2 rings (SSSR count). The number of anilines is 1. The van der Waals surface area contributed by atoms with Crippen molar-refractivity contribution in [3.05, 3.63) is 22.9 Å². The molecule has 1 aromatic rings. The SMILES string of the molecule is CCN1CCC(C(C)Nc2cccnc2Br)CC1. The summed E-state index contributed by atoms with van der Waals surface area (Å²) in [7, 11) is 0. The number of hydrogen-bond donors (Lipinski definition) is 1. The van der Waals surface area contributed by atoms with Crippen LogP contribution in [0.2, 0.25) is 0 Å². The van der Waals surface area contributed by atoms with E-state index in [0.717, 1.165) is 16.2 Å². The van der Waals surface area contributed by atoms with Crippen molar-refractivity contribution < 1.29 is 0 Å². The Bertz CT molecular complexity index is 375. The fourth-order valence-electron chi connectivity index (χ4n) is 2.63. The third-order valence-electron chi connectivity index (χ3n) is 3.93. The van der Waals surface area contributed by atoms with Crippen LogP contribution in [0.1, 0.15) is 26.7 Å². The average Bonchev–Trinajstić information content (AvgIpc) is 2.41. The number of rotatable bonds is 4.